The van der Waals surface area contributed by atoms with E-state index in [1.807, 2.05) is 0 Å². The summed E-state index contributed by atoms with van der Waals surface area (Å²) in [7, 11) is -21.7. The summed E-state index contributed by atoms with van der Waals surface area (Å²) in [5, 5.41) is 14.9. The summed E-state index contributed by atoms with van der Waals surface area (Å²) >= 11 is 0. The van der Waals surface area contributed by atoms with Gasteiger partial charge in [-0.05, 0) is 0 Å². The molecule has 8 bridgehead atoms. The van der Waals surface area contributed by atoms with E-state index in [0.717, 1.165) is 118 Å². The first-order valence-electron chi connectivity index (χ1n) is 19.6. The van der Waals surface area contributed by atoms with Crippen LogP contribution in [0.1, 0.15) is 33.4 Å². The van der Waals surface area contributed by atoms with Gasteiger partial charge in [0.1, 0.15) is 39.3 Å². The second-order valence-corrected chi connectivity index (χ2v) is 19.3. The summed E-state index contributed by atoms with van der Waals surface area (Å²) in [5.74, 6) is 0. The summed E-state index contributed by atoms with van der Waals surface area (Å²) in [6.45, 7) is 20.1. The molecule has 21 nitrogen and oxygen atoms in total. The molecule has 3 aromatic rings. The second-order valence-electron chi connectivity index (χ2n) is 15.0. The van der Waals surface area contributed by atoms with Crippen LogP contribution in [-0.2, 0) is 39.3 Å². The van der Waals surface area contributed by atoms with E-state index in [1.54, 1.807) is 0 Å². The molecule has 15 rings (SSSR count). The van der Waals surface area contributed by atoms with Crippen LogP contribution in [0.25, 0.3) is 0 Å². The Morgan fingerprint density at radius 2 is 0.342 bits per heavy atom. The molecule has 12 aliphatic rings. The van der Waals surface area contributed by atoms with Crippen molar-refractivity contribution in [2.75, 3.05) is 78.5 Å². The van der Waals surface area contributed by atoms with Gasteiger partial charge in [-0.25, -0.2) is 0 Å². The summed E-state index contributed by atoms with van der Waals surface area (Å²) in [6, 6.07) is 28.1. The van der Waals surface area contributed by atoms with Crippen LogP contribution in [0.2, 0.25) is 0 Å². The van der Waals surface area contributed by atoms with Crippen LogP contribution in [0, 0.1) is 0 Å². The molecule has 0 unspecified atom stereocenters. The van der Waals surface area contributed by atoms with E-state index in [-0.39, 0.29) is 80.6 Å². The van der Waals surface area contributed by atoms with Gasteiger partial charge < -0.3 is 113 Å². The van der Waals surface area contributed by atoms with Crippen LogP contribution in [0.15, 0.2) is 72.8 Å². The predicted octanol–water partition coefficient (Wildman–Crippen LogP) is -16.3. The maximum atomic E-state index is 9.88. The molecule has 0 amide bonds. The van der Waals surface area contributed by atoms with Gasteiger partial charge in [-0.15, -0.1) is 0 Å². The SMILES string of the molecule is F[Si-2](F)(F)(F)(F)F.F[Si-2](F)(F)(F)(F)F.O.O.O.O.O.O.O.O.O.O.O.O.O.[F-].[F-].c1cc2ccc1C[NH2+]CCN1CC[NH2+]Cc3ccc(cc3)C[NH2+]CCN(CC[NH2+]C2)CC[NH2+]Cc2ccc(cc2)C[NH2+]CC1. The Morgan fingerprint density at radius 3 is 0.438 bits per heavy atom. The molecule has 73 heavy (non-hydrogen) atoms. The molecule has 0 saturated heterocycles. The summed E-state index contributed by atoms with van der Waals surface area (Å²) < 4.78 is 119. The summed E-state index contributed by atoms with van der Waals surface area (Å²) in [6.07, 6.45) is 0. The number of hydrogen-bond acceptors (Lipinski definition) is 2. The molecule has 454 valence electrons. The van der Waals surface area contributed by atoms with Gasteiger partial charge in [0, 0.05) is 72.6 Å². The molecule has 12 heterocycles. The molecule has 3 aromatic carbocycles. The first kappa shape index (κ1) is 102. The van der Waals surface area contributed by atoms with Crippen molar-refractivity contribution in [3.63, 3.8) is 0 Å². The molecular weight excluding hydrogens is 1070 g/mol. The average Bonchev–Trinajstić information content (AvgIpc) is 3.10. The van der Waals surface area contributed by atoms with Crippen molar-refractivity contribution < 1.29 is 162 Å². The fourth-order valence-electron chi connectivity index (χ4n) is 6.36. The molecule has 0 spiro atoms. The molecule has 0 radical (unpaired) electrons. The largest absolute Gasteiger partial charge is 1.00 e. The normalized spacial score (nSPS) is 18.1. The van der Waals surface area contributed by atoms with E-state index < -0.39 is 17.3 Å². The Hall–Kier alpha value is -3.73. The van der Waals surface area contributed by atoms with Crippen LogP contribution in [-0.4, -0.2) is 177 Å². The van der Waals surface area contributed by atoms with Gasteiger partial charge in [0.2, 0.25) is 0 Å². The van der Waals surface area contributed by atoms with Crippen LogP contribution >= 0.6 is 0 Å². The Labute approximate surface area is 412 Å². The predicted molar refractivity (Wildman–Crippen MR) is 247 cm³/mol. The van der Waals surface area contributed by atoms with E-state index in [2.05, 4.69) is 114 Å². The minimum atomic E-state index is -10.8. The van der Waals surface area contributed by atoms with Gasteiger partial charge in [0.05, 0.1) is 39.3 Å². The fraction of sp³-hybridized carbons (Fsp3) is 0.500. The zero-order valence-corrected chi connectivity index (χ0v) is 41.8. The van der Waals surface area contributed by atoms with Crippen molar-refractivity contribution in [3.8, 4) is 0 Å². The van der Waals surface area contributed by atoms with Crippen LogP contribution in [0.4, 0.5) is 49.3 Å². The number of nitrogens with zero attached hydrogens (tertiary/aromatic N) is 2. The number of quaternary nitrogens is 6. The van der Waals surface area contributed by atoms with E-state index in [9.17, 15) is 49.3 Å². The van der Waals surface area contributed by atoms with Gasteiger partial charge in [-0.2, -0.15) is 0 Å². The van der Waals surface area contributed by atoms with Crippen molar-refractivity contribution >= 4 is 17.3 Å². The molecule has 37 heteroatoms. The van der Waals surface area contributed by atoms with Crippen molar-refractivity contribution in [2.45, 2.75) is 39.3 Å². The summed E-state index contributed by atoms with van der Waals surface area (Å²) in [5.41, 5.74) is 8.59. The standard InChI is InChI=1S/C36H54N8.2F6Si.2FH.13H2O/c1-2-32-4-3-31(1)25-37-13-19-43-21-15-39-27-33-5-9-35(10-6-33)29-41-17-23-44(20-14-38-26-32)24-18-42-30-36-11-7-34(8-12-36)28-40-16-22-43;2*1-7(2,3,4,5)6;;;;;;;;;;;;;;;/h1-12,37-42H,13-30H2;;;2*1H;13*1H2/q;2*-2;;;;;;;;;;;;;;;/p+4. The van der Waals surface area contributed by atoms with Crippen LogP contribution in [0.3, 0.4) is 0 Å². The fourth-order valence-corrected chi connectivity index (χ4v) is 6.36. The van der Waals surface area contributed by atoms with Crippen molar-refractivity contribution in [2.24, 2.45) is 0 Å². The topological polar surface area (TPSA) is 516 Å². The number of nitrogens with two attached hydrogens (primary N) is 6. The molecular formula is C36H86F14N8O13Si2. The van der Waals surface area contributed by atoms with Crippen molar-refractivity contribution in [1.82, 2.24) is 9.80 Å². The van der Waals surface area contributed by atoms with Crippen molar-refractivity contribution in [1.29, 1.82) is 0 Å². The van der Waals surface area contributed by atoms with Crippen molar-refractivity contribution in [3.05, 3.63) is 106 Å². The van der Waals surface area contributed by atoms with E-state index in [1.165, 1.54) is 33.4 Å². The van der Waals surface area contributed by atoms with Crippen LogP contribution in [0.5, 0.6) is 0 Å². The summed E-state index contributed by atoms with van der Waals surface area (Å²) in [4.78, 5) is 5.35. The maximum Gasteiger partial charge on any atom is 0.101 e. The van der Waals surface area contributed by atoms with Gasteiger partial charge >= 0.3 is 66.6 Å². The van der Waals surface area contributed by atoms with E-state index in [0.29, 0.717) is 0 Å². The number of rotatable bonds is 0. The van der Waals surface area contributed by atoms with E-state index >= 15 is 0 Å². The third-order valence-electron chi connectivity index (χ3n) is 9.25. The molecule has 0 atom stereocenters. The number of benzene rings is 3. The van der Waals surface area contributed by atoms with Crippen LogP contribution < -0.4 is 41.3 Å². The second kappa shape index (κ2) is 41.5. The van der Waals surface area contributed by atoms with Gasteiger partial charge in [-0.3, -0.25) is 9.80 Å². The quantitative estimate of drug-likeness (QED) is 0.0726. The molecule has 38 N–H and O–H groups in total. The van der Waals surface area contributed by atoms with Gasteiger partial charge in [-0.1, -0.05) is 72.8 Å². The first-order valence-corrected chi connectivity index (χ1v) is 24.2. The zero-order valence-electron chi connectivity index (χ0n) is 39.8. The van der Waals surface area contributed by atoms with Gasteiger partial charge in [0.15, 0.2) is 0 Å². The van der Waals surface area contributed by atoms with E-state index in [4.69, 9.17) is 0 Å². The monoisotopic (exact) mass is 1160 g/mol. The Balaban J connectivity index is -0.000000100. The maximum absolute atomic E-state index is 10.8. The Kier molecular flexibility index (Phi) is 58.0. The molecule has 0 aliphatic carbocycles. The Morgan fingerprint density at radius 1 is 0.247 bits per heavy atom. The molecule has 0 fully saturated rings. The Bertz CT molecular complexity index is 1390. The minimum Gasteiger partial charge on any atom is -1.00 e. The first-order chi connectivity index (χ1) is 26.7. The minimum absolute atomic E-state index is 0. The molecule has 12 aliphatic heterocycles. The average molecular weight is 1160 g/mol. The number of hydrogen-bond donors (Lipinski definition) is 6. The zero-order chi connectivity index (χ0) is 42.9. The molecule has 0 aromatic heterocycles. The number of halogens is 14. The molecule has 0 saturated carbocycles. The smallest absolute Gasteiger partial charge is 0.101 e. The van der Waals surface area contributed by atoms with Gasteiger partial charge in [0.25, 0.3) is 0 Å². The third-order valence-corrected chi connectivity index (χ3v) is 9.25. The third kappa shape index (κ3) is 64.3.